The van der Waals surface area contributed by atoms with E-state index in [1.807, 2.05) is 19.1 Å². The molecule has 0 aromatic heterocycles. The minimum Gasteiger partial charge on any atom is -0.359 e. The van der Waals surface area contributed by atoms with Gasteiger partial charge in [0.1, 0.15) is 0 Å². The average molecular weight is 312 g/mol. The fourth-order valence-electron chi connectivity index (χ4n) is 2.13. The molecule has 7 heteroatoms. The average Bonchev–Trinajstić information content (AvgIpc) is 2.68. The first-order valence-corrected chi connectivity index (χ1v) is 8.48. The van der Waals surface area contributed by atoms with E-state index in [1.54, 1.807) is 12.1 Å². The topological polar surface area (TPSA) is 75.3 Å². The van der Waals surface area contributed by atoms with Crippen molar-refractivity contribution in [3.05, 3.63) is 35.4 Å². The molecule has 1 aromatic carbocycles. The van der Waals surface area contributed by atoms with E-state index in [4.69, 9.17) is 12.2 Å². The molecule has 0 bridgehead atoms. The van der Waals surface area contributed by atoms with Gasteiger partial charge in [0, 0.05) is 11.6 Å². The molecule has 1 aliphatic heterocycles. The number of aryl methyl sites for hydroxylation is 1. The smallest absolute Gasteiger partial charge is 0.257 e. The van der Waals surface area contributed by atoms with Gasteiger partial charge < -0.3 is 5.32 Å². The molecule has 1 aliphatic rings. The summed E-state index contributed by atoms with van der Waals surface area (Å²) in [6, 6.07) is 6.97. The van der Waals surface area contributed by atoms with E-state index in [-0.39, 0.29) is 28.6 Å². The first-order valence-electron chi connectivity index (χ1n) is 6.25. The van der Waals surface area contributed by atoms with Gasteiger partial charge >= 0.3 is 0 Å². The van der Waals surface area contributed by atoms with Crippen molar-refractivity contribution in [2.24, 2.45) is 0 Å². The minimum atomic E-state index is -2.96. The first kappa shape index (κ1) is 14.9. The number of sulfone groups is 1. The Labute approximate surface area is 123 Å². The molecule has 1 aromatic rings. The summed E-state index contributed by atoms with van der Waals surface area (Å²) in [5.41, 5.74) is 1.41. The highest BCUT2D eigenvalue weighted by Crippen LogP contribution is 2.11. The third kappa shape index (κ3) is 3.77. The number of thiocarbonyl (C=S) groups is 1. The lowest BCUT2D eigenvalue weighted by molar-refractivity contribution is 0.0976. The van der Waals surface area contributed by atoms with E-state index >= 15 is 0 Å². The van der Waals surface area contributed by atoms with Crippen LogP contribution in [0.3, 0.4) is 0 Å². The van der Waals surface area contributed by atoms with Gasteiger partial charge in [0.05, 0.1) is 11.5 Å². The number of amides is 1. The summed E-state index contributed by atoms with van der Waals surface area (Å²) in [5, 5.41) is 5.62. The molecule has 1 fully saturated rings. The summed E-state index contributed by atoms with van der Waals surface area (Å²) in [7, 11) is -2.96. The Hall–Kier alpha value is -1.47. The second-order valence-corrected chi connectivity index (χ2v) is 7.48. The van der Waals surface area contributed by atoms with E-state index in [9.17, 15) is 13.2 Å². The number of nitrogens with one attached hydrogen (secondary N) is 2. The van der Waals surface area contributed by atoms with Crippen molar-refractivity contribution in [3.8, 4) is 0 Å². The minimum absolute atomic E-state index is 0.0629. The van der Waals surface area contributed by atoms with Gasteiger partial charge in [-0.1, -0.05) is 18.2 Å². The van der Waals surface area contributed by atoms with Crippen LogP contribution in [0.15, 0.2) is 24.3 Å². The van der Waals surface area contributed by atoms with Crippen LogP contribution in [0.25, 0.3) is 0 Å². The molecule has 1 heterocycles. The molecule has 0 radical (unpaired) electrons. The van der Waals surface area contributed by atoms with Gasteiger partial charge in [-0.05, 0) is 37.2 Å². The first-order chi connectivity index (χ1) is 9.37. The van der Waals surface area contributed by atoms with Crippen LogP contribution in [0, 0.1) is 6.92 Å². The predicted octanol–water partition coefficient (Wildman–Crippen LogP) is 0.786. The molecule has 5 nitrogen and oxygen atoms in total. The molecule has 0 spiro atoms. The second-order valence-electron chi connectivity index (χ2n) is 4.84. The zero-order valence-electron chi connectivity index (χ0n) is 11.0. The molecule has 2 rings (SSSR count). The number of hydrogen-bond donors (Lipinski definition) is 2. The number of carbonyl (C=O) groups is 1. The van der Waals surface area contributed by atoms with Gasteiger partial charge in [-0.2, -0.15) is 0 Å². The highest BCUT2D eigenvalue weighted by molar-refractivity contribution is 7.91. The van der Waals surface area contributed by atoms with Crippen LogP contribution < -0.4 is 10.6 Å². The summed E-state index contributed by atoms with van der Waals surface area (Å²) in [6.45, 7) is 1.84. The summed E-state index contributed by atoms with van der Waals surface area (Å²) >= 11 is 5.05. The van der Waals surface area contributed by atoms with E-state index in [2.05, 4.69) is 10.6 Å². The number of benzene rings is 1. The Morgan fingerprint density at radius 2 is 2.05 bits per heavy atom. The van der Waals surface area contributed by atoms with Gasteiger partial charge in [0.25, 0.3) is 5.91 Å². The van der Waals surface area contributed by atoms with Gasteiger partial charge in [0.15, 0.2) is 14.9 Å². The molecule has 0 aliphatic carbocycles. The highest BCUT2D eigenvalue weighted by atomic mass is 32.2. The Kier molecular flexibility index (Phi) is 4.39. The number of hydrogen-bond acceptors (Lipinski definition) is 4. The summed E-state index contributed by atoms with van der Waals surface area (Å²) < 4.78 is 22.7. The Bertz CT molecular complexity index is 641. The van der Waals surface area contributed by atoms with Crippen molar-refractivity contribution in [2.75, 3.05) is 11.5 Å². The van der Waals surface area contributed by atoms with Crippen LogP contribution in [0.2, 0.25) is 0 Å². The van der Waals surface area contributed by atoms with Crippen LogP contribution in [-0.2, 0) is 9.84 Å². The van der Waals surface area contributed by atoms with Crippen LogP contribution in [0.5, 0.6) is 0 Å². The maximum Gasteiger partial charge on any atom is 0.257 e. The third-order valence-electron chi connectivity index (χ3n) is 3.18. The van der Waals surface area contributed by atoms with Crippen LogP contribution in [-0.4, -0.2) is 37.0 Å². The quantitative estimate of drug-likeness (QED) is 0.790. The van der Waals surface area contributed by atoms with E-state index in [0.717, 1.165) is 5.56 Å². The molecule has 1 amide bonds. The SMILES string of the molecule is Cc1ccccc1C(=O)NC(=S)NC1CCS(=O)(=O)C1. The van der Waals surface area contributed by atoms with Crippen molar-refractivity contribution in [1.29, 1.82) is 0 Å². The number of rotatable bonds is 2. The van der Waals surface area contributed by atoms with E-state index in [0.29, 0.717) is 12.0 Å². The standard InChI is InChI=1S/C13H16N2O3S2/c1-9-4-2-3-5-11(9)12(16)15-13(19)14-10-6-7-20(17,18)8-10/h2-5,10H,6-8H2,1H3,(H2,14,15,16,19). The predicted molar refractivity (Wildman–Crippen MR) is 81.4 cm³/mol. The molecule has 1 atom stereocenters. The summed E-state index contributed by atoms with van der Waals surface area (Å²) in [5.74, 6) is -0.0618. The van der Waals surface area contributed by atoms with Crippen LogP contribution in [0.4, 0.5) is 0 Å². The molecule has 20 heavy (non-hydrogen) atoms. The van der Waals surface area contributed by atoms with E-state index in [1.165, 1.54) is 0 Å². The van der Waals surface area contributed by atoms with Crippen LogP contribution in [0.1, 0.15) is 22.3 Å². The monoisotopic (exact) mass is 312 g/mol. The largest absolute Gasteiger partial charge is 0.359 e. The Morgan fingerprint density at radius 1 is 1.35 bits per heavy atom. The maximum atomic E-state index is 12.0. The summed E-state index contributed by atoms with van der Waals surface area (Å²) in [4.78, 5) is 12.0. The van der Waals surface area contributed by atoms with Gasteiger partial charge in [-0.25, -0.2) is 8.42 Å². The Balaban J connectivity index is 1.92. The molecule has 1 unspecified atom stereocenters. The van der Waals surface area contributed by atoms with Crippen molar-refractivity contribution < 1.29 is 13.2 Å². The van der Waals surface area contributed by atoms with Crippen LogP contribution >= 0.6 is 12.2 Å². The molecule has 2 N–H and O–H groups in total. The van der Waals surface area contributed by atoms with Gasteiger partial charge in [0.2, 0.25) is 0 Å². The van der Waals surface area contributed by atoms with E-state index < -0.39 is 9.84 Å². The fourth-order valence-corrected chi connectivity index (χ4v) is 4.06. The van der Waals surface area contributed by atoms with Gasteiger partial charge in [-0.15, -0.1) is 0 Å². The van der Waals surface area contributed by atoms with Gasteiger partial charge in [-0.3, -0.25) is 10.1 Å². The van der Waals surface area contributed by atoms with Crippen molar-refractivity contribution >= 4 is 33.1 Å². The maximum absolute atomic E-state index is 12.0. The zero-order chi connectivity index (χ0) is 14.8. The zero-order valence-corrected chi connectivity index (χ0v) is 12.7. The lowest BCUT2D eigenvalue weighted by atomic mass is 10.1. The van der Waals surface area contributed by atoms with Crippen molar-refractivity contribution in [1.82, 2.24) is 10.6 Å². The molecule has 1 saturated heterocycles. The lowest BCUT2D eigenvalue weighted by Crippen LogP contribution is -2.44. The number of carbonyl (C=O) groups excluding carboxylic acids is 1. The molecule has 108 valence electrons. The normalized spacial score (nSPS) is 20.4. The Morgan fingerprint density at radius 3 is 2.65 bits per heavy atom. The molecule has 0 saturated carbocycles. The lowest BCUT2D eigenvalue weighted by Gasteiger charge is -2.14. The van der Waals surface area contributed by atoms with Crippen molar-refractivity contribution in [3.63, 3.8) is 0 Å². The fraction of sp³-hybridized carbons (Fsp3) is 0.385. The third-order valence-corrected chi connectivity index (χ3v) is 5.17. The highest BCUT2D eigenvalue weighted by Gasteiger charge is 2.28. The molecular formula is C13H16N2O3S2. The summed E-state index contributed by atoms with van der Waals surface area (Å²) in [6.07, 6.45) is 0.517. The van der Waals surface area contributed by atoms with Crippen molar-refractivity contribution in [2.45, 2.75) is 19.4 Å². The second kappa shape index (κ2) is 5.88. The molecular weight excluding hydrogens is 296 g/mol.